The molecule has 4 N–H and O–H groups in total. The van der Waals surface area contributed by atoms with Gasteiger partial charge in [0.25, 0.3) is 0 Å². The van der Waals surface area contributed by atoms with E-state index in [1.807, 2.05) is 0 Å². The number of aromatic nitrogens is 3. The number of amides is 1. The van der Waals surface area contributed by atoms with Gasteiger partial charge >= 0.3 is 0 Å². The first-order valence-corrected chi connectivity index (χ1v) is 7.13. The van der Waals surface area contributed by atoms with Gasteiger partial charge in [-0.1, -0.05) is 23.4 Å². The monoisotopic (exact) mass is 311 g/mol. The highest BCUT2D eigenvalue weighted by atomic mass is 35.5. The molecule has 1 heterocycles. The molecule has 0 spiro atoms. The number of thioether (sulfide) groups is 1. The first-order chi connectivity index (χ1) is 9.45. The molecule has 2 rings (SSSR count). The average Bonchev–Trinajstić information content (AvgIpc) is 2.78. The van der Waals surface area contributed by atoms with E-state index in [1.165, 1.54) is 11.8 Å². The molecule has 0 aliphatic heterocycles. The van der Waals surface area contributed by atoms with Gasteiger partial charge < -0.3 is 11.1 Å². The normalized spacial score (nSPS) is 12.2. The van der Waals surface area contributed by atoms with E-state index in [-0.39, 0.29) is 11.2 Å². The van der Waals surface area contributed by atoms with Crippen LogP contribution in [0.5, 0.6) is 0 Å². The summed E-state index contributed by atoms with van der Waals surface area (Å²) in [5.41, 5.74) is 6.68. The number of benzene rings is 1. The Bertz CT molecular complexity index is 630. The number of nitrogens with one attached hydrogen (secondary N) is 2. The lowest BCUT2D eigenvalue weighted by molar-refractivity contribution is -0.115. The first kappa shape index (κ1) is 14.7. The molecule has 6 nitrogen and oxygen atoms in total. The third-order valence-electron chi connectivity index (χ3n) is 2.48. The lowest BCUT2D eigenvalue weighted by Gasteiger charge is -2.11. The molecule has 106 valence electrons. The van der Waals surface area contributed by atoms with Crippen molar-refractivity contribution in [2.24, 2.45) is 0 Å². The maximum Gasteiger partial charge on any atom is 0.237 e. The molecule has 0 saturated heterocycles. The van der Waals surface area contributed by atoms with Gasteiger partial charge in [0.2, 0.25) is 11.1 Å². The molecule has 0 bridgehead atoms. The average molecular weight is 312 g/mol. The van der Waals surface area contributed by atoms with E-state index in [0.29, 0.717) is 27.4 Å². The smallest absolute Gasteiger partial charge is 0.237 e. The van der Waals surface area contributed by atoms with Crippen molar-refractivity contribution < 1.29 is 4.79 Å². The second-order valence-electron chi connectivity index (χ2n) is 4.19. The van der Waals surface area contributed by atoms with E-state index in [2.05, 4.69) is 20.5 Å². The van der Waals surface area contributed by atoms with Crippen LogP contribution in [0.1, 0.15) is 12.7 Å². The second kappa shape index (κ2) is 6.15. The predicted molar refractivity (Wildman–Crippen MR) is 80.9 cm³/mol. The summed E-state index contributed by atoms with van der Waals surface area (Å²) in [6.07, 6.45) is 0. The largest absolute Gasteiger partial charge is 0.399 e. The van der Waals surface area contributed by atoms with E-state index >= 15 is 0 Å². The number of nitrogens with two attached hydrogens (primary N) is 1. The number of rotatable bonds is 4. The minimum atomic E-state index is -0.348. The zero-order valence-corrected chi connectivity index (χ0v) is 12.5. The summed E-state index contributed by atoms with van der Waals surface area (Å²) >= 11 is 7.28. The van der Waals surface area contributed by atoms with Gasteiger partial charge in [-0.3, -0.25) is 9.89 Å². The van der Waals surface area contributed by atoms with Crippen LogP contribution in [0.2, 0.25) is 5.02 Å². The molecule has 1 atom stereocenters. The highest BCUT2D eigenvalue weighted by Crippen LogP contribution is 2.26. The van der Waals surface area contributed by atoms with Crippen LogP contribution in [0.3, 0.4) is 0 Å². The van der Waals surface area contributed by atoms with E-state index in [4.69, 9.17) is 17.3 Å². The zero-order valence-electron chi connectivity index (χ0n) is 11.0. The summed E-state index contributed by atoms with van der Waals surface area (Å²) in [7, 11) is 0. The summed E-state index contributed by atoms with van der Waals surface area (Å²) in [6.45, 7) is 3.58. The summed E-state index contributed by atoms with van der Waals surface area (Å²) < 4.78 is 0. The molecule has 0 fully saturated rings. The van der Waals surface area contributed by atoms with E-state index in [1.54, 1.807) is 32.0 Å². The van der Waals surface area contributed by atoms with Crippen LogP contribution in [0, 0.1) is 6.92 Å². The fraction of sp³-hybridized carbons (Fsp3) is 0.250. The molecule has 20 heavy (non-hydrogen) atoms. The lowest BCUT2D eigenvalue weighted by Crippen LogP contribution is -2.22. The quantitative estimate of drug-likeness (QED) is 0.595. The van der Waals surface area contributed by atoms with Crippen LogP contribution in [0.15, 0.2) is 23.4 Å². The van der Waals surface area contributed by atoms with Gasteiger partial charge in [0.05, 0.1) is 16.0 Å². The molecule has 0 saturated carbocycles. The van der Waals surface area contributed by atoms with Gasteiger partial charge in [-0.05, 0) is 32.0 Å². The van der Waals surface area contributed by atoms with Gasteiger partial charge in [-0.15, -0.1) is 5.10 Å². The Morgan fingerprint density at radius 3 is 2.90 bits per heavy atom. The van der Waals surface area contributed by atoms with Crippen LogP contribution in [-0.2, 0) is 4.79 Å². The number of aryl methyl sites for hydroxylation is 1. The van der Waals surface area contributed by atoms with Gasteiger partial charge in [0.15, 0.2) is 0 Å². The number of carbonyl (C=O) groups is 1. The maximum atomic E-state index is 12.1. The van der Waals surface area contributed by atoms with Crippen molar-refractivity contribution in [1.82, 2.24) is 15.2 Å². The summed E-state index contributed by atoms with van der Waals surface area (Å²) in [5.74, 6) is 0.533. The molecule has 8 heteroatoms. The van der Waals surface area contributed by atoms with Crippen molar-refractivity contribution in [2.75, 3.05) is 11.1 Å². The van der Waals surface area contributed by atoms with Crippen molar-refractivity contribution in [3.63, 3.8) is 0 Å². The van der Waals surface area contributed by atoms with Crippen molar-refractivity contribution in [1.29, 1.82) is 0 Å². The number of aromatic amines is 1. The number of nitrogens with zero attached hydrogens (tertiary/aromatic N) is 2. The predicted octanol–water partition coefficient (Wildman–Crippen LogP) is 2.47. The molecular formula is C12H14ClN5OS. The number of hydrogen-bond donors (Lipinski definition) is 3. The Kier molecular flexibility index (Phi) is 4.51. The van der Waals surface area contributed by atoms with E-state index in [9.17, 15) is 4.79 Å². The van der Waals surface area contributed by atoms with Gasteiger partial charge in [0.1, 0.15) is 5.82 Å². The van der Waals surface area contributed by atoms with Gasteiger partial charge in [0, 0.05) is 5.69 Å². The minimum Gasteiger partial charge on any atom is -0.399 e. The van der Waals surface area contributed by atoms with Crippen LogP contribution in [-0.4, -0.2) is 26.3 Å². The first-order valence-electron chi connectivity index (χ1n) is 5.87. The number of halogens is 1. The second-order valence-corrected chi connectivity index (χ2v) is 5.91. The Morgan fingerprint density at radius 1 is 1.55 bits per heavy atom. The molecule has 2 aromatic rings. The van der Waals surface area contributed by atoms with Crippen LogP contribution >= 0.6 is 23.4 Å². The Labute approximate surface area is 125 Å². The highest BCUT2D eigenvalue weighted by Gasteiger charge is 2.17. The zero-order chi connectivity index (χ0) is 14.7. The number of nitrogen functional groups attached to an aromatic ring is 1. The highest BCUT2D eigenvalue weighted by molar-refractivity contribution is 8.00. The SMILES string of the molecule is Cc1nc(SC(C)C(=O)Nc2ccc(N)cc2Cl)n[nH]1. The summed E-state index contributed by atoms with van der Waals surface area (Å²) in [6, 6.07) is 4.94. The number of anilines is 2. The summed E-state index contributed by atoms with van der Waals surface area (Å²) in [5, 5.41) is 10.1. The van der Waals surface area contributed by atoms with E-state index < -0.39 is 0 Å². The third-order valence-corrected chi connectivity index (χ3v) is 3.75. The lowest BCUT2D eigenvalue weighted by atomic mass is 10.2. The Hall–Kier alpha value is -1.73. The molecular weight excluding hydrogens is 298 g/mol. The maximum absolute atomic E-state index is 12.1. The minimum absolute atomic E-state index is 0.177. The van der Waals surface area contributed by atoms with Crippen LogP contribution < -0.4 is 11.1 Å². The van der Waals surface area contributed by atoms with Gasteiger partial charge in [-0.25, -0.2) is 4.98 Å². The molecule has 1 aromatic heterocycles. The molecule has 1 amide bonds. The molecule has 0 aliphatic rings. The van der Waals surface area contributed by atoms with Gasteiger partial charge in [-0.2, -0.15) is 0 Å². The standard InChI is InChI=1S/C12H14ClN5OS/c1-6(20-12-15-7(2)17-18-12)11(19)16-10-4-3-8(14)5-9(10)13/h3-6H,14H2,1-2H3,(H,16,19)(H,15,17,18). The number of H-pyrrole nitrogens is 1. The Balaban J connectivity index is 2.00. The summed E-state index contributed by atoms with van der Waals surface area (Å²) in [4.78, 5) is 16.2. The van der Waals surface area contributed by atoms with Crippen molar-refractivity contribution in [3.05, 3.63) is 29.0 Å². The topological polar surface area (TPSA) is 96.7 Å². The van der Waals surface area contributed by atoms with E-state index in [0.717, 1.165) is 0 Å². The third kappa shape index (κ3) is 3.64. The molecule has 1 aromatic carbocycles. The Morgan fingerprint density at radius 2 is 2.30 bits per heavy atom. The van der Waals surface area contributed by atoms with Crippen molar-refractivity contribution >= 4 is 40.6 Å². The van der Waals surface area contributed by atoms with Crippen LogP contribution in [0.25, 0.3) is 0 Å². The van der Waals surface area contributed by atoms with Crippen molar-refractivity contribution in [3.8, 4) is 0 Å². The molecule has 1 unspecified atom stereocenters. The number of carbonyl (C=O) groups excluding carboxylic acids is 1. The van der Waals surface area contributed by atoms with Crippen molar-refractivity contribution in [2.45, 2.75) is 24.3 Å². The fourth-order valence-corrected chi connectivity index (χ4v) is 2.46. The van der Waals surface area contributed by atoms with Crippen LogP contribution in [0.4, 0.5) is 11.4 Å². The fourth-order valence-electron chi connectivity index (χ4n) is 1.45. The number of hydrogen-bond acceptors (Lipinski definition) is 5. The molecule has 0 radical (unpaired) electrons. The molecule has 0 aliphatic carbocycles.